The maximum Gasteiger partial charge on any atom is 0.117 e. The number of hydrogen-bond acceptors (Lipinski definition) is 3. The van der Waals surface area contributed by atoms with Crippen LogP contribution in [0.5, 0.6) is 0 Å². The minimum Gasteiger partial charge on any atom is -0.465 e. The van der Waals surface area contributed by atoms with Crippen molar-refractivity contribution in [3.63, 3.8) is 0 Å². The van der Waals surface area contributed by atoms with Crippen LogP contribution in [0.2, 0.25) is 0 Å². The highest BCUT2D eigenvalue weighted by Gasteiger charge is 2.22. The van der Waals surface area contributed by atoms with Gasteiger partial charge in [-0.25, -0.2) is 0 Å². The van der Waals surface area contributed by atoms with Gasteiger partial charge in [0, 0.05) is 6.04 Å². The van der Waals surface area contributed by atoms with Gasteiger partial charge in [0.1, 0.15) is 11.5 Å². The number of nitrogens with one attached hydrogen (secondary N) is 1. The molecule has 0 aliphatic heterocycles. The van der Waals surface area contributed by atoms with Gasteiger partial charge in [-0.3, -0.25) is 0 Å². The fourth-order valence-corrected chi connectivity index (χ4v) is 2.16. The molecule has 3 nitrogen and oxygen atoms in total. The lowest BCUT2D eigenvalue weighted by Gasteiger charge is -2.28. The molecule has 2 rings (SSSR count). The third kappa shape index (κ3) is 2.83. The summed E-state index contributed by atoms with van der Waals surface area (Å²) in [6.07, 6.45) is 4.18. The van der Waals surface area contributed by atoms with E-state index in [1.165, 1.54) is 6.42 Å². The largest absolute Gasteiger partial charge is 0.465 e. The van der Waals surface area contributed by atoms with E-state index >= 15 is 0 Å². The second-order valence-electron chi connectivity index (χ2n) is 4.35. The lowest BCUT2D eigenvalue weighted by Crippen LogP contribution is -2.41. The molecule has 0 radical (unpaired) electrons. The van der Waals surface area contributed by atoms with Crippen molar-refractivity contribution in [3.8, 4) is 0 Å². The molecule has 1 heterocycles. The van der Waals surface area contributed by atoms with Crippen molar-refractivity contribution in [2.24, 2.45) is 0 Å². The Kier molecular flexibility index (Phi) is 3.44. The molecule has 2 N–H and O–H groups in total. The summed E-state index contributed by atoms with van der Waals surface area (Å²) in [7, 11) is 0. The summed E-state index contributed by atoms with van der Waals surface area (Å²) in [4.78, 5) is 0. The van der Waals surface area contributed by atoms with Gasteiger partial charge in [-0.1, -0.05) is 12.8 Å². The van der Waals surface area contributed by atoms with Gasteiger partial charge in [0.25, 0.3) is 0 Å². The molecule has 84 valence electrons. The lowest BCUT2D eigenvalue weighted by atomic mass is 9.92. The van der Waals surface area contributed by atoms with Crippen LogP contribution in [0.15, 0.2) is 16.5 Å². The molecular weight excluding hydrogens is 190 g/mol. The SMILES string of the molecule is Cc1ccc(CN[C@H]2CCCC[C@@H]2O)o1. The van der Waals surface area contributed by atoms with E-state index in [0.29, 0.717) is 0 Å². The van der Waals surface area contributed by atoms with Crippen molar-refractivity contribution in [3.05, 3.63) is 23.7 Å². The Bertz CT molecular complexity index is 308. The zero-order valence-electron chi connectivity index (χ0n) is 9.20. The summed E-state index contributed by atoms with van der Waals surface area (Å²) < 4.78 is 5.47. The highest BCUT2D eigenvalue weighted by molar-refractivity contribution is 5.05. The molecule has 0 saturated heterocycles. The molecule has 1 aliphatic rings. The molecule has 1 aromatic heterocycles. The Hall–Kier alpha value is -0.800. The molecule has 0 aromatic carbocycles. The quantitative estimate of drug-likeness (QED) is 0.800. The topological polar surface area (TPSA) is 45.4 Å². The molecule has 1 aliphatic carbocycles. The van der Waals surface area contributed by atoms with Gasteiger partial charge in [0.2, 0.25) is 0 Å². The van der Waals surface area contributed by atoms with Crippen molar-refractivity contribution in [1.82, 2.24) is 5.32 Å². The highest BCUT2D eigenvalue weighted by Crippen LogP contribution is 2.18. The van der Waals surface area contributed by atoms with E-state index in [1.807, 2.05) is 19.1 Å². The predicted octanol–water partition coefficient (Wildman–Crippen LogP) is 1.98. The standard InChI is InChI=1S/C12H19NO2/c1-9-6-7-10(15-9)8-13-11-4-2-3-5-12(11)14/h6-7,11-14H,2-5,8H2,1H3/t11-,12-/m0/s1. The second-order valence-corrected chi connectivity index (χ2v) is 4.35. The molecule has 0 amide bonds. The van der Waals surface area contributed by atoms with Crippen molar-refractivity contribution in [2.45, 2.75) is 51.3 Å². The molecule has 15 heavy (non-hydrogen) atoms. The third-order valence-electron chi connectivity index (χ3n) is 3.06. The maximum atomic E-state index is 9.76. The Balaban J connectivity index is 1.81. The summed E-state index contributed by atoms with van der Waals surface area (Å²) in [5.41, 5.74) is 0. The zero-order chi connectivity index (χ0) is 10.7. The molecule has 0 unspecified atom stereocenters. The Morgan fingerprint density at radius 2 is 2.20 bits per heavy atom. The van der Waals surface area contributed by atoms with Crippen molar-refractivity contribution >= 4 is 0 Å². The first kappa shape index (κ1) is 10.7. The van der Waals surface area contributed by atoms with Crippen LogP contribution in [0.3, 0.4) is 0 Å². The van der Waals surface area contributed by atoms with Crippen molar-refractivity contribution in [2.75, 3.05) is 0 Å². The van der Waals surface area contributed by atoms with Crippen molar-refractivity contribution < 1.29 is 9.52 Å². The molecule has 0 spiro atoms. The summed E-state index contributed by atoms with van der Waals surface area (Å²) in [5, 5.41) is 13.1. The Morgan fingerprint density at radius 1 is 1.40 bits per heavy atom. The number of aliphatic hydroxyl groups is 1. The zero-order valence-corrected chi connectivity index (χ0v) is 9.20. The average Bonchev–Trinajstić information content (AvgIpc) is 2.63. The first-order valence-electron chi connectivity index (χ1n) is 5.72. The average molecular weight is 209 g/mol. The first-order valence-corrected chi connectivity index (χ1v) is 5.72. The lowest BCUT2D eigenvalue weighted by molar-refractivity contribution is 0.0893. The van der Waals surface area contributed by atoms with E-state index in [2.05, 4.69) is 5.32 Å². The highest BCUT2D eigenvalue weighted by atomic mass is 16.3. The van der Waals surface area contributed by atoms with E-state index < -0.39 is 0 Å². The molecule has 1 saturated carbocycles. The number of rotatable bonds is 3. The van der Waals surface area contributed by atoms with Crippen LogP contribution in [0.25, 0.3) is 0 Å². The fourth-order valence-electron chi connectivity index (χ4n) is 2.16. The third-order valence-corrected chi connectivity index (χ3v) is 3.06. The van der Waals surface area contributed by atoms with Gasteiger partial charge in [-0.2, -0.15) is 0 Å². The molecule has 1 aromatic rings. The monoisotopic (exact) mass is 209 g/mol. The van der Waals surface area contributed by atoms with E-state index in [-0.39, 0.29) is 12.1 Å². The predicted molar refractivity (Wildman–Crippen MR) is 58.5 cm³/mol. The van der Waals surface area contributed by atoms with Crippen LogP contribution in [-0.2, 0) is 6.54 Å². The van der Waals surface area contributed by atoms with E-state index in [1.54, 1.807) is 0 Å². The van der Waals surface area contributed by atoms with Gasteiger partial charge < -0.3 is 14.8 Å². The Labute approximate surface area is 90.5 Å². The minimum absolute atomic E-state index is 0.185. The first-order chi connectivity index (χ1) is 7.25. The number of aryl methyl sites for hydroxylation is 1. The normalized spacial score (nSPS) is 26.8. The van der Waals surface area contributed by atoms with Gasteiger partial charge >= 0.3 is 0 Å². The van der Waals surface area contributed by atoms with Crippen LogP contribution in [0.1, 0.15) is 37.2 Å². The summed E-state index contributed by atoms with van der Waals surface area (Å²) >= 11 is 0. The van der Waals surface area contributed by atoms with E-state index in [4.69, 9.17) is 4.42 Å². The van der Waals surface area contributed by atoms with E-state index in [9.17, 15) is 5.11 Å². The number of aliphatic hydroxyl groups excluding tert-OH is 1. The van der Waals surface area contributed by atoms with Gasteiger partial charge in [0.15, 0.2) is 0 Å². The minimum atomic E-state index is -0.185. The van der Waals surface area contributed by atoms with Crippen molar-refractivity contribution in [1.29, 1.82) is 0 Å². The maximum absolute atomic E-state index is 9.76. The smallest absolute Gasteiger partial charge is 0.117 e. The van der Waals surface area contributed by atoms with Gasteiger partial charge in [0.05, 0.1) is 12.6 Å². The number of hydrogen-bond donors (Lipinski definition) is 2. The van der Waals surface area contributed by atoms with Gasteiger partial charge in [-0.15, -0.1) is 0 Å². The van der Waals surface area contributed by atoms with Crippen LogP contribution in [0.4, 0.5) is 0 Å². The van der Waals surface area contributed by atoms with Gasteiger partial charge in [-0.05, 0) is 31.9 Å². The summed E-state index contributed by atoms with van der Waals surface area (Å²) in [6.45, 7) is 2.66. The van der Waals surface area contributed by atoms with Crippen LogP contribution in [-0.4, -0.2) is 17.3 Å². The summed E-state index contributed by atoms with van der Waals surface area (Å²) in [5.74, 6) is 1.89. The Morgan fingerprint density at radius 3 is 2.87 bits per heavy atom. The molecule has 2 atom stereocenters. The fraction of sp³-hybridized carbons (Fsp3) is 0.667. The van der Waals surface area contributed by atoms with Crippen LogP contribution < -0.4 is 5.32 Å². The van der Waals surface area contributed by atoms with Crippen LogP contribution >= 0.6 is 0 Å². The van der Waals surface area contributed by atoms with E-state index in [0.717, 1.165) is 37.3 Å². The molecule has 1 fully saturated rings. The summed E-state index contributed by atoms with van der Waals surface area (Å²) in [6, 6.07) is 4.19. The number of furan rings is 1. The molecule has 0 bridgehead atoms. The van der Waals surface area contributed by atoms with Crippen LogP contribution in [0, 0.1) is 6.92 Å². The molecular formula is C12H19NO2. The molecule has 3 heteroatoms. The second kappa shape index (κ2) is 4.81.